The normalized spacial score (nSPS) is 11.1. The van der Waals surface area contributed by atoms with E-state index < -0.39 is 11.4 Å². The van der Waals surface area contributed by atoms with E-state index in [0.717, 1.165) is 0 Å². The summed E-state index contributed by atoms with van der Waals surface area (Å²) >= 11 is 0. The minimum atomic E-state index is -1.04. The Labute approximate surface area is 120 Å². The number of para-hydroxylation sites is 1. The summed E-state index contributed by atoms with van der Waals surface area (Å²) < 4.78 is 1.37. The number of carboxylic acid groups (broad SMARTS) is 1. The van der Waals surface area contributed by atoms with Gasteiger partial charge in [0.05, 0.1) is 16.7 Å². The zero-order valence-electron chi connectivity index (χ0n) is 11.6. The van der Waals surface area contributed by atoms with E-state index in [1.807, 2.05) is 0 Å². The van der Waals surface area contributed by atoms with E-state index in [4.69, 9.17) is 5.11 Å². The average molecular weight is 289 g/mol. The Balaban J connectivity index is 2.19. The fourth-order valence-corrected chi connectivity index (χ4v) is 1.61. The number of tetrazole rings is 1. The first-order chi connectivity index (χ1) is 9.92. The van der Waals surface area contributed by atoms with Gasteiger partial charge in [-0.2, -0.15) is 4.68 Å². The maximum absolute atomic E-state index is 12.2. The molecule has 0 spiro atoms. The van der Waals surface area contributed by atoms with Gasteiger partial charge in [-0.3, -0.25) is 9.59 Å². The van der Waals surface area contributed by atoms with Gasteiger partial charge in [-0.25, -0.2) is 0 Å². The van der Waals surface area contributed by atoms with Gasteiger partial charge in [-0.05, 0) is 36.4 Å². The van der Waals surface area contributed by atoms with Crippen molar-refractivity contribution >= 4 is 11.9 Å². The summed E-state index contributed by atoms with van der Waals surface area (Å²) in [5, 5.41) is 22.5. The van der Waals surface area contributed by atoms with Crippen molar-refractivity contribution in [2.75, 3.05) is 6.54 Å². The van der Waals surface area contributed by atoms with Crippen molar-refractivity contribution in [1.29, 1.82) is 0 Å². The smallest absolute Gasteiger partial charge is 0.310 e. The highest BCUT2D eigenvalue weighted by Crippen LogP contribution is 2.15. The molecule has 0 aliphatic carbocycles. The SMILES string of the molecule is CC(C)(CNC(=O)c1ccccc1-n1cnnn1)C(=O)O. The molecule has 21 heavy (non-hydrogen) atoms. The van der Waals surface area contributed by atoms with Gasteiger partial charge in [0, 0.05) is 6.54 Å². The summed E-state index contributed by atoms with van der Waals surface area (Å²) in [5.74, 6) is -1.35. The molecular weight excluding hydrogens is 274 g/mol. The molecule has 0 atom stereocenters. The van der Waals surface area contributed by atoms with Gasteiger partial charge in [-0.1, -0.05) is 12.1 Å². The molecule has 1 amide bonds. The topological polar surface area (TPSA) is 110 Å². The molecule has 2 aromatic rings. The van der Waals surface area contributed by atoms with Crippen LogP contribution in [0, 0.1) is 5.41 Å². The third kappa shape index (κ3) is 3.22. The van der Waals surface area contributed by atoms with E-state index in [2.05, 4.69) is 20.8 Å². The molecule has 0 radical (unpaired) electrons. The van der Waals surface area contributed by atoms with Gasteiger partial charge in [0.15, 0.2) is 0 Å². The molecule has 0 aliphatic rings. The zero-order valence-corrected chi connectivity index (χ0v) is 11.6. The summed E-state index contributed by atoms with van der Waals surface area (Å²) in [6.07, 6.45) is 1.38. The standard InChI is InChI=1S/C13H15N5O3/c1-13(2,12(20)21)7-14-11(19)9-5-3-4-6-10(9)18-8-15-16-17-18/h3-6,8H,7H2,1-2H3,(H,14,19)(H,20,21). The number of aliphatic carboxylic acids is 1. The quantitative estimate of drug-likeness (QED) is 0.829. The van der Waals surface area contributed by atoms with Gasteiger partial charge < -0.3 is 10.4 Å². The molecule has 8 nitrogen and oxygen atoms in total. The molecule has 0 fully saturated rings. The number of carbonyl (C=O) groups is 2. The molecule has 0 bridgehead atoms. The second kappa shape index (κ2) is 5.70. The number of nitrogens with zero attached hydrogens (tertiary/aromatic N) is 4. The molecular formula is C13H15N5O3. The van der Waals surface area contributed by atoms with Gasteiger partial charge in [0.2, 0.25) is 0 Å². The summed E-state index contributed by atoms with van der Waals surface area (Å²) in [7, 11) is 0. The highest BCUT2D eigenvalue weighted by Gasteiger charge is 2.28. The van der Waals surface area contributed by atoms with Crippen LogP contribution in [0.25, 0.3) is 5.69 Å². The van der Waals surface area contributed by atoms with Crippen molar-refractivity contribution in [3.05, 3.63) is 36.2 Å². The molecule has 2 rings (SSSR count). The number of nitrogens with one attached hydrogen (secondary N) is 1. The van der Waals surface area contributed by atoms with Gasteiger partial charge >= 0.3 is 5.97 Å². The molecule has 8 heteroatoms. The molecule has 110 valence electrons. The highest BCUT2D eigenvalue weighted by molar-refractivity contribution is 5.98. The third-order valence-corrected chi connectivity index (χ3v) is 3.01. The Morgan fingerprint density at radius 2 is 2.05 bits per heavy atom. The van der Waals surface area contributed by atoms with Crippen LogP contribution in [0.4, 0.5) is 0 Å². The first-order valence-electron chi connectivity index (χ1n) is 6.26. The fraction of sp³-hybridized carbons (Fsp3) is 0.308. The second-order valence-electron chi connectivity index (χ2n) is 5.14. The Morgan fingerprint density at radius 3 is 2.67 bits per heavy atom. The van der Waals surface area contributed by atoms with E-state index in [1.54, 1.807) is 38.1 Å². The Hall–Kier alpha value is -2.77. The number of hydrogen-bond acceptors (Lipinski definition) is 5. The van der Waals surface area contributed by atoms with Crippen LogP contribution in [0.3, 0.4) is 0 Å². The maximum Gasteiger partial charge on any atom is 0.310 e. The Morgan fingerprint density at radius 1 is 1.33 bits per heavy atom. The van der Waals surface area contributed by atoms with Crippen LogP contribution in [0.2, 0.25) is 0 Å². The number of hydrogen-bond donors (Lipinski definition) is 2. The van der Waals surface area contributed by atoms with Crippen LogP contribution < -0.4 is 5.32 Å². The first kappa shape index (κ1) is 14.6. The number of rotatable bonds is 5. The van der Waals surface area contributed by atoms with Crippen LogP contribution in [0.1, 0.15) is 24.2 Å². The lowest BCUT2D eigenvalue weighted by Gasteiger charge is -2.19. The third-order valence-electron chi connectivity index (χ3n) is 3.01. The lowest BCUT2D eigenvalue weighted by atomic mass is 9.94. The van der Waals surface area contributed by atoms with E-state index >= 15 is 0 Å². The zero-order chi connectivity index (χ0) is 15.5. The molecule has 0 saturated heterocycles. The van der Waals surface area contributed by atoms with Crippen LogP contribution in [-0.2, 0) is 4.79 Å². The van der Waals surface area contributed by atoms with E-state index in [-0.39, 0.29) is 12.5 Å². The largest absolute Gasteiger partial charge is 0.481 e. The minimum absolute atomic E-state index is 0.0190. The van der Waals surface area contributed by atoms with Crippen LogP contribution in [0.15, 0.2) is 30.6 Å². The molecule has 1 heterocycles. The summed E-state index contributed by atoms with van der Waals surface area (Å²) in [4.78, 5) is 23.3. The van der Waals surface area contributed by atoms with Crippen molar-refractivity contribution in [3.63, 3.8) is 0 Å². The minimum Gasteiger partial charge on any atom is -0.481 e. The fourth-order valence-electron chi connectivity index (χ4n) is 1.61. The molecule has 0 aliphatic heterocycles. The van der Waals surface area contributed by atoms with Gasteiger partial charge in [-0.15, -0.1) is 5.10 Å². The molecule has 1 aromatic heterocycles. The number of carbonyl (C=O) groups excluding carboxylic acids is 1. The Bertz CT molecular complexity index is 652. The number of aromatic nitrogens is 4. The van der Waals surface area contributed by atoms with Crippen LogP contribution >= 0.6 is 0 Å². The molecule has 0 unspecified atom stereocenters. The van der Waals surface area contributed by atoms with Crippen LogP contribution in [-0.4, -0.2) is 43.7 Å². The van der Waals surface area contributed by atoms with E-state index in [9.17, 15) is 9.59 Å². The maximum atomic E-state index is 12.2. The lowest BCUT2D eigenvalue weighted by Crippen LogP contribution is -2.39. The van der Waals surface area contributed by atoms with E-state index in [0.29, 0.717) is 11.3 Å². The number of carboxylic acids is 1. The predicted octanol–water partition coefficient (Wildman–Crippen LogP) is 0.503. The summed E-state index contributed by atoms with van der Waals surface area (Å²) in [5.41, 5.74) is -0.154. The van der Waals surface area contributed by atoms with Crippen molar-refractivity contribution in [1.82, 2.24) is 25.5 Å². The molecule has 1 aromatic carbocycles. The lowest BCUT2D eigenvalue weighted by molar-refractivity contribution is -0.146. The predicted molar refractivity (Wildman–Crippen MR) is 72.9 cm³/mol. The van der Waals surface area contributed by atoms with Crippen molar-refractivity contribution in [2.45, 2.75) is 13.8 Å². The van der Waals surface area contributed by atoms with Crippen molar-refractivity contribution in [3.8, 4) is 5.69 Å². The Kier molecular flexibility index (Phi) is 3.97. The average Bonchev–Trinajstić information content (AvgIpc) is 2.98. The summed E-state index contributed by atoms with van der Waals surface area (Å²) in [6, 6.07) is 6.80. The van der Waals surface area contributed by atoms with Crippen molar-refractivity contribution in [2.24, 2.45) is 5.41 Å². The van der Waals surface area contributed by atoms with Gasteiger partial charge in [0.1, 0.15) is 6.33 Å². The summed E-state index contributed by atoms with van der Waals surface area (Å²) in [6.45, 7) is 3.11. The first-order valence-corrected chi connectivity index (χ1v) is 6.26. The second-order valence-corrected chi connectivity index (χ2v) is 5.14. The molecule has 2 N–H and O–H groups in total. The van der Waals surface area contributed by atoms with Crippen molar-refractivity contribution < 1.29 is 14.7 Å². The van der Waals surface area contributed by atoms with Gasteiger partial charge in [0.25, 0.3) is 5.91 Å². The highest BCUT2D eigenvalue weighted by atomic mass is 16.4. The number of amides is 1. The molecule has 0 saturated carbocycles. The monoisotopic (exact) mass is 289 g/mol. The number of benzene rings is 1. The van der Waals surface area contributed by atoms with E-state index in [1.165, 1.54) is 11.0 Å². The van der Waals surface area contributed by atoms with Crippen LogP contribution in [0.5, 0.6) is 0 Å².